The Morgan fingerprint density at radius 2 is 1.79 bits per heavy atom. The quantitative estimate of drug-likeness (QED) is 0.129. The third kappa shape index (κ3) is 8.73. The van der Waals surface area contributed by atoms with Crippen LogP contribution in [0.25, 0.3) is 0 Å². The van der Waals surface area contributed by atoms with E-state index in [-0.39, 0.29) is 17.8 Å². The van der Waals surface area contributed by atoms with E-state index in [1.807, 2.05) is 12.1 Å². The van der Waals surface area contributed by atoms with Gasteiger partial charge in [0.05, 0.1) is 14.0 Å². The van der Waals surface area contributed by atoms with E-state index in [0.717, 1.165) is 31.4 Å². The fourth-order valence-electron chi connectivity index (χ4n) is 4.13. The van der Waals surface area contributed by atoms with Crippen molar-refractivity contribution in [3.63, 3.8) is 0 Å². The molecule has 1 aliphatic carbocycles. The van der Waals surface area contributed by atoms with E-state index in [1.54, 1.807) is 0 Å². The van der Waals surface area contributed by atoms with Gasteiger partial charge in [-0.1, -0.05) is 101 Å². The molecule has 2 atom stereocenters. The number of esters is 1. The molecule has 0 aliphatic heterocycles. The van der Waals surface area contributed by atoms with Crippen molar-refractivity contribution in [1.29, 1.82) is 0 Å². The highest BCUT2D eigenvalue weighted by molar-refractivity contribution is 6.81. The van der Waals surface area contributed by atoms with Gasteiger partial charge in [-0.3, -0.25) is 4.79 Å². The van der Waals surface area contributed by atoms with Crippen molar-refractivity contribution in [2.24, 2.45) is 5.92 Å². The van der Waals surface area contributed by atoms with Gasteiger partial charge in [0.15, 0.2) is 0 Å². The monoisotopic (exact) mass is 412 g/mol. The van der Waals surface area contributed by atoms with Gasteiger partial charge in [0.1, 0.15) is 5.76 Å². The van der Waals surface area contributed by atoms with Gasteiger partial charge in [0.2, 0.25) is 0 Å². The Labute approximate surface area is 179 Å². The lowest BCUT2D eigenvalue weighted by Crippen LogP contribution is -2.28. The zero-order valence-corrected chi connectivity index (χ0v) is 20.0. The molecule has 0 heterocycles. The maximum atomic E-state index is 13.2. The molecule has 0 spiro atoms. The van der Waals surface area contributed by atoms with Crippen molar-refractivity contribution >= 4 is 14.0 Å². The first-order chi connectivity index (χ1) is 13.9. The number of rotatable bonds is 10. The number of hydrogen-bond acceptors (Lipinski definition) is 2. The third-order valence-corrected chi connectivity index (χ3v) is 6.75. The molecule has 3 heteroatoms. The first-order valence-electron chi connectivity index (χ1n) is 11.6. The van der Waals surface area contributed by atoms with Gasteiger partial charge in [-0.2, -0.15) is 0 Å². The second-order valence-corrected chi connectivity index (χ2v) is 14.5. The topological polar surface area (TPSA) is 26.3 Å². The van der Waals surface area contributed by atoms with Crippen LogP contribution >= 0.6 is 0 Å². The van der Waals surface area contributed by atoms with Crippen molar-refractivity contribution in [2.75, 3.05) is 0 Å². The van der Waals surface area contributed by atoms with Crippen LogP contribution in [0.4, 0.5) is 0 Å². The zero-order valence-electron chi connectivity index (χ0n) is 19.0. The molecule has 0 saturated heterocycles. The Balaban J connectivity index is 2.07. The van der Waals surface area contributed by atoms with E-state index >= 15 is 0 Å². The lowest BCUT2D eigenvalue weighted by atomic mass is 9.75. The minimum Gasteiger partial charge on any atom is -0.427 e. The summed E-state index contributed by atoms with van der Waals surface area (Å²) in [6.07, 6.45) is 14.6. The van der Waals surface area contributed by atoms with Crippen LogP contribution in [0.15, 0.2) is 53.9 Å². The molecule has 0 radical (unpaired) electrons. The summed E-state index contributed by atoms with van der Waals surface area (Å²) in [5.41, 5.74) is 3.49. The van der Waals surface area contributed by atoms with E-state index in [0.29, 0.717) is 0 Å². The molecule has 0 bridgehead atoms. The third-order valence-electron chi connectivity index (χ3n) is 5.60. The van der Waals surface area contributed by atoms with Gasteiger partial charge < -0.3 is 4.74 Å². The van der Waals surface area contributed by atoms with E-state index in [1.165, 1.54) is 37.7 Å². The maximum Gasteiger partial charge on any atom is 0.314 e. The summed E-state index contributed by atoms with van der Waals surface area (Å²) in [4.78, 5) is 13.2. The summed E-state index contributed by atoms with van der Waals surface area (Å²) in [7, 11) is -1.49. The number of hydrogen-bond donors (Lipinski definition) is 0. The predicted molar refractivity (Wildman–Crippen MR) is 127 cm³/mol. The predicted octanol–water partition coefficient (Wildman–Crippen LogP) is 7.79. The second-order valence-electron chi connectivity index (χ2n) is 9.49. The maximum absolute atomic E-state index is 13.2. The number of unbranched alkanes of at least 4 members (excludes halogenated alkanes) is 4. The smallest absolute Gasteiger partial charge is 0.314 e. The minimum absolute atomic E-state index is 0.0332. The molecular weight excluding hydrogens is 372 g/mol. The van der Waals surface area contributed by atoms with Crippen LogP contribution in [0.2, 0.25) is 19.6 Å². The molecule has 0 N–H and O–H groups in total. The summed E-state index contributed by atoms with van der Waals surface area (Å²) < 4.78 is 6.02. The minimum atomic E-state index is -1.49. The molecule has 2 rings (SSSR count). The fourth-order valence-corrected chi connectivity index (χ4v) is 5.14. The van der Waals surface area contributed by atoms with Crippen molar-refractivity contribution < 1.29 is 9.53 Å². The van der Waals surface area contributed by atoms with Gasteiger partial charge in [-0.05, 0) is 43.2 Å². The Kier molecular flexibility index (Phi) is 9.93. The number of allylic oxidation sites excluding steroid dienone is 2. The highest BCUT2D eigenvalue weighted by Crippen LogP contribution is 2.38. The fraction of sp³-hybridized carbons (Fsp3) is 0.577. The van der Waals surface area contributed by atoms with Crippen molar-refractivity contribution in [1.82, 2.24) is 0 Å². The molecule has 1 aromatic carbocycles. The van der Waals surface area contributed by atoms with Crippen molar-refractivity contribution in [3.05, 3.63) is 59.5 Å². The molecule has 1 aromatic rings. The van der Waals surface area contributed by atoms with E-state index in [9.17, 15) is 4.79 Å². The lowest BCUT2D eigenvalue weighted by molar-refractivity contribution is -0.145. The largest absolute Gasteiger partial charge is 0.427 e. The molecular formula is C26H40O2Si. The van der Waals surface area contributed by atoms with Gasteiger partial charge in [0, 0.05) is 0 Å². The summed E-state index contributed by atoms with van der Waals surface area (Å²) in [6.45, 7) is 9.08. The molecule has 1 saturated carbocycles. The second kappa shape index (κ2) is 12.2. The van der Waals surface area contributed by atoms with Gasteiger partial charge in [-0.15, -0.1) is 0 Å². The summed E-state index contributed by atoms with van der Waals surface area (Å²) >= 11 is 0. The van der Waals surface area contributed by atoms with Crippen LogP contribution in [-0.4, -0.2) is 14.0 Å². The highest BCUT2D eigenvalue weighted by Gasteiger charge is 2.33. The van der Waals surface area contributed by atoms with E-state index in [2.05, 4.69) is 62.6 Å². The first kappa shape index (κ1) is 23.7. The van der Waals surface area contributed by atoms with Crippen molar-refractivity contribution in [2.45, 2.75) is 90.3 Å². The molecule has 29 heavy (non-hydrogen) atoms. The Bertz CT molecular complexity index is 670. The van der Waals surface area contributed by atoms with Gasteiger partial charge >= 0.3 is 5.97 Å². The standard InChI is InChI=1S/C26H40O2Si/c1-5-6-7-8-9-13-18-23(21-29(2,3)4)28-26(27)25-20-15-14-19-24(25)22-16-11-10-12-17-22/h10-13,16-18,21,24-25H,5-9,14-15,19-20H2,1-4H3/b18-13+,23-21-/t24-,25+/m1/s1. The van der Waals surface area contributed by atoms with Gasteiger partial charge in [-0.25, -0.2) is 0 Å². The molecule has 0 unspecified atom stereocenters. The van der Waals surface area contributed by atoms with Crippen LogP contribution < -0.4 is 0 Å². The highest BCUT2D eigenvalue weighted by atomic mass is 28.3. The summed E-state index contributed by atoms with van der Waals surface area (Å²) in [5.74, 6) is 0.971. The van der Waals surface area contributed by atoms with E-state index < -0.39 is 8.07 Å². The SMILES string of the molecule is CCCCCC/C=C/C(=C/[Si](C)(C)C)OC(=O)[C@H]1CCCC[C@@H]1c1ccccc1. The molecule has 1 aliphatic rings. The zero-order chi connectivity index (χ0) is 21.1. The average molecular weight is 413 g/mol. The van der Waals surface area contributed by atoms with E-state index in [4.69, 9.17) is 4.74 Å². The van der Waals surface area contributed by atoms with Crippen LogP contribution in [0, 0.1) is 5.92 Å². The van der Waals surface area contributed by atoms with Gasteiger partial charge in [0.25, 0.3) is 0 Å². The Morgan fingerprint density at radius 3 is 2.48 bits per heavy atom. The molecule has 1 fully saturated rings. The average Bonchev–Trinajstić information content (AvgIpc) is 2.70. The Hall–Kier alpha value is -1.61. The molecule has 2 nitrogen and oxygen atoms in total. The normalized spacial score (nSPS) is 20.8. The first-order valence-corrected chi connectivity index (χ1v) is 15.1. The molecule has 0 aromatic heterocycles. The molecule has 160 valence electrons. The van der Waals surface area contributed by atoms with Crippen LogP contribution in [0.1, 0.15) is 76.2 Å². The van der Waals surface area contributed by atoms with Crippen LogP contribution in [0.5, 0.6) is 0 Å². The number of carbonyl (C=O) groups excluding carboxylic acids is 1. The summed E-state index contributed by atoms with van der Waals surface area (Å²) in [5, 5.41) is 0. The number of benzene rings is 1. The van der Waals surface area contributed by atoms with Crippen LogP contribution in [0.3, 0.4) is 0 Å². The summed E-state index contributed by atoms with van der Waals surface area (Å²) in [6, 6.07) is 10.5. The lowest BCUT2D eigenvalue weighted by Gasteiger charge is -2.30. The van der Waals surface area contributed by atoms with Crippen molar-refractivity contribution in [3.8, 4) is 0 Å². The number of ether oxygens (including phenoxy) is 1. The Morgan fingerprint density at radius 1 is 1.07 bits per heavy atom. The molecule has 0 amide bonds. The van der Waals surface area contributed by atoms with Crippen LogP contribution in [-0.2, 0) is 9.53 Å². The number of carbonyl (C=O) groups is 1.